The van der Waals surface area contributed by atoms with Crippen LogP contribution in [0.2, 0.25) is 5.02 Å². The van der Waals surface area contributed by atoms with Gasteiger partial charge in [-0.15, -0.1) is 0 Å². The minimum atomic E-state index is -0.662. The number of nitrogens with one attached hydrogen (secondary N) is 2. The molecule has 314 valence electrons. The molecule has 14 heteroatoms. The van der Waals surface area contributed by atoms with Crippen molar-refractivity contribution in [2.75, 3.05) is 44.2 Å². The summed E-state index contributed by atoms with van der Waals surface area (Å²) in [5.41, 5.74) is 2.79. The third-order valence-corrected chi connectivity index (χ3v) is 13.1. The van der Waals surface area contributed by atoms with Gasteiger partial charge in [-0.3, -0.25) is 29.4 Å². The molecule has 4 aromatic rings. The lowest BCUT2D eigenvalue weighted by Crippen LogP contribution is -2.74. The number of carbonyl (C=O) groups excluding carboxylic acids is 4. The largest absolute Gasteiger partial charge is 0.494 e. The summed E-state index contributed by atoms with van der Waals surface area (Å²) in [4.78, 5) is 56.9. The molecule has 2 saturated heterocycles. The third-order valence-electron chi connectivity index (χ3n) is 12.8. The van der Waals surface area contributed by atoms with E-state index in [2.05, 4.69) is 60.3 Å². The van der Waals surface area contributed by atoms with Gasteiger partial charge in [0.25, 0.3) is 11.8 Å². The van der Waals surface area contributed by atoms with E-state index in [0.717, 1.165) is 74.4 Å². The van der Waals surface area contributed by atoms with E-state index in [1.54, 1.807) is 30.3 Å². The van der Waals surface area contributed by atoms with Gasteiger partial charge in [-0.1, -0.05) is 39.3 Å². The molecular formula is C46H51ClN6O7. The highest BCUT2D eigenvalue weighted by molar-refractivity contribution is 6.31. The van der Waals surface area contributed by atoms with Crippen LogP contribution in [0.1, 0.15) is 91.8 Å². The molecule has 2 N–H and O–H groups in total. The summed E-state index contributed by atoms with van der Waals surface area (Å²) in [6, 6.07) is 19.7. The Kier molecular flexibility index (Phi) is 11.3. The summed E-state index contributed by atoms with van der Waals surface area (Å²) in [6.07, 6.45) is 3.43. The molecule has 3 aliphatic heterocycles. The summed E-state index contributed by atoms with van der Waals surface area (Å²) in [6.45, 7) is 14.0. The summed E-state index contributed by atoms with van der Waals surface area (Å²) in [5, 5.41) is 16.0. The van der Waals surface area contributed by atoms with Crippen LogP contribution in [0.5, 0.6) is 11.5 Å². The molecule has 1 aromatic heterocycles. The van der Waals surface area contributed by atoms with Gasteiger partial charge < -0.3 is 29.0 Å². The van der Waals surface area contributed by atoms with E-state index < -0.39 is 11.9 Å². The van der Waals surface area contributed by atoms with Crippen LogP contribution in [-0.4, -0.2) is 90.9 Å². The number of piperidine rings is 1. The maximum Gasteiger partial charge on any atom is 0.290 e. The maximum atomic E-state index is 13.3. The van der Waals surface area contributed by atoms with E-state index in [1.165, 1.54) is 4.90 Å². The maximum absolute atomic E-state index is 13.3. The predicted octanol–water partition coefficient (Wildman–Crippen LogP) is 6.70. The number of ether oxygens (including phenoxy) is 2. The van der Waals surface area contributed by atoms with Gasteiger partial charge >= 0.3 is 0 Å². The molecule has 1 unspecified atom stereocenters. The number of carbonyl (C=O) groups is 4. The number of hydrogen-bond donors (Lipinski definition) is 2. The highest BCUT2D eigenvalue weighted by Gasteiger charge is 2.64. The zero-order valence-corrected chi connectivity index (χ0v) is 35.3. The van der Waals surface area contributed by atoms with Crippen LogP contribution >= 0.6 is 11.6 Å². The van der Waals surface area contributed by atoms with Crippen molar-refractivity contribution in [3.63, 3.8) is 0 Å². The second-order valence-corrected chi connectivity index (χ2v) is 18.0. The molecule has 0 radical (unpaired) electrons. The van der Waals surface area contributed by atoms with Gasteiger partial charge in [0.05, 0.1) is 23.7 Å². The van der Waals surface area contributed by atoms with Gasteiger partial charge in [-0.2, -0.15) is 5.26 Å². The quantitative estimate of drug-likeness (QED) is 0.110. The molecule has 60 heavy (non-hydrogen) atoms. The fourth-order valence-corrected chi connectivity index (χ4v) is 10.0. The standard InChI is InChI=1S/C46H51ClN6O7/c1-45(2)43(46(3,4)44(45)59-32-14-10-29(26-48)35(47)25-32)50-40(55)28-8-12-31(13-9-28)58-23-7-5-6-18-51-19-21-52(22-20-51)30-11-15-33-34-27-53(36-16-17-38(54)49-41(36)56)42(57)39(34)60-37(33)24-30/h8-15,24-25,36,43-44H,5-7,16-23,27H2,1-4H3,(H,50,55)(H,49,54,56)/t36?,43-,44-. The highest BCUT2D eigenvalue weighted by atomic mass is 35.5. The number of benzene rings is 3. The van der Waals surface area contributed by atoms with Gasteiger partial charge in [0.1, 0.15) is 35.3 Å². The van der Waals surface area contributed by atoms with Crippen molar-refractivity contribution in [2.45, 2.75) is 84.5 Å². The van der Waals surface area contributed by atoms with Crippen molar-refractivity contribution >= 4 is 51.9 Å². The Labute approximate surface area is 354 Å². The minimum Gasteiger partial charge on any atom is -0.494 e. The van der Waals surface area contributed by atoms with E-state index in [-0.39, 0.29) is 52.9 Å². The summed E-state index contributed by atoms with van der Waals surface area (Å²) < 4.78 is 18.4. The second-order valence-electron chi connectivity index (χ2n) is 17.6. The molecule has 1 aliphatic carbocycles. The number of anilines is 1. The summed E-state index contributed by atoms with van der Waals surface area (Å²) in [5.74, 6) is 0.435. The first kappa shape index (κ1) is 41.2. The van der Waals surface area contributed by atoms with Crippen LogP contribution in [0.3, 0.4) is 0 Å². The first-order valence-corrected chi connectivity index (χ1v) is 21.2. The van der Waals surface area contributed by atoms with Crippen LogP contribution in [0.25, 0.3) is 11.0 Å². The highest BCUT2D eigenvalue weighted by Crippen LogP contribution is 2.55. The zero-order valence-electron chi connectivity index (χ0n) is 34.5. The number of furan rings is 1. The molecule has 1 saturated carbocycles. The molecular weight excluding hydrogens is 784 g/mol. The Bertz CT molecular complexity index is 2340. The molecule has 0 bridgehead atoms. The Morgan fingerprint density at radius 1 is 0.950 bits per heavy atom. The number of amides is 4. The molecule has 3 fully saturated rings. The lowest BCUT2D eigenvalue weighted by Gasteiger charge is -2.63. The van der Waals surface area contributed by atoms with Gasteiger partial charge in [0, 0.05) is 83.8 Å². The number of piperazine rings is 1. The van der Waals surface area contributed by atoms with E-state index >= 15 is 0 Å². The number of unbranched alkanes of at least 4 members (excludes halogenated alkanes) is 2. The number of imide groups is 1. The smallest absolute Gasteiger partial charge is 0.290 e. The third kappa shape index (κ3) is 7.90. The number of nitrogens with zero attached hydrogens (tertiary/aromatic N) is 4. The van der Waals surface area contributed by atoms with Crippen molar-refractivity contribution < 1.29 is 33.1 Å². The Morgan fingerprint density at radius 2 is 1.68 bits per heavy atom. The first-order chi connectivity index (χ1) is 28.7. The molecule has 8 rings (SSSR count). The van der Waals surface area contributed by atoms with Gasteiger partial charge in [-0.25, -0.2) is 0 Å². The number of fused-ring (bicyclic) bond motifs is 3. The first-order valence-electron chi connectivity index (χ1n) is 20.8. The van der Waals surface area contributed by atoms with Crippen molar-refractivity contribution in [3.8, 4) is 17.6 Å². The second kappa shape index (κ2) is 16.5. The number of halogens is 1. The number of rotatable bonds is 13. The summed E-state index contributed by atoms with van der Waals surface area (Å²) >= 11 is 6.24. The van der Waals surface area contributed by atoms with Crippen molar-refractivity contribution in [3.05, 3.63) is 88.1 Å². The topological polar surface area (TPSA) is 157 Å². The van der Waals surface area contributed by atoms with Crippen LogP contribution in [0.15, 0.2) is 65.1 Å². The Morgan fingerprint density at radius 3 is 2.38 bits per heavy atom. The Hall–Kier alpha value is -5.58. The molecule has 3 aromatic carbocycles. The number of hydrogen-bond acceptors (Lipinski definition) is 10. The normalized spacial score (nSPS) is 22.2. The van der Waals surface area contributed by atoms with Crippen LogP contribution in [0, 0.1) is 22.2 Å². The average Bonchev–Trinajstić information content (AvgIpc) is 3.75. The minimum absolute atomic E-state index is 0.131. The molecule has 1 atom stereocenters. The van der Waals surface area contributed by atoms with E-state index in [1.807, 2.05) is 24.3 Å². The van der Waals surface area contributed by atoms with Crippen LogP contribution in [0.4, 0.5) is 5.69 Å². The summed E-state index contributed by atoms with van der Waals surface area (Å²) in [7, 11) is 0. The molecule has 0 spiro atoms. The van der Waals surface area contributed by atoms with Gasteiger partial charge in [0.2, 0.25) is 11.8 Å². The van der Waals surface area contributed by atoms with Crippen molar-refractivity contribution in [2.24, 2.45) is 10.8 Å². The van der Waals surface area contributed by atoms with Crippen LogP contribution in [-0.2, 0) is 16.1 Å². The lowest BCUT2D eigenvalue weighted by molar-refractivity contribution is -0.164. The van der Waals surface area contributed by atoms with Crippen molar-refractivity contribution in [1.29, 1.82) is 5.26 Å². The lowest BCUT2D eigenvalue weighted by atomic mass is 9.49. The van der Waals surface area contributed by atoms with Crippen molar-refractivity contribution in [1.82, 2.24) is 20.4 Å². The van der Waals surface area contributed by atoms with E-state index in [9.17, 15) is 24.4 Å². The van der Waals surface area contributed by atoms with Gasteiger partial charge in [-0.05, 0) is 80.8 Å². The monoisotopic (exact) mass is 834 g/mol. The SMILES string of the molecule is CC1(C)[C@H](NC(=O)c2ccc(OCCCCCN3CCN(c4ccc5c6c(oc5c4)C(=O)N(C4CCC(=O)NC4=O)C6)CC3)cc2)C(C)(C)[C@H]1Oc1ccc(C#N)c(Cl)c1. The van der Waals surface area contributed by atoms with E-state index in [0.29, 0.717) is 47.1 Å². The van der Waals surface area contributed by atoms with E-state index in [4.69, 9.17) is 25.5 Å². The Balaban J connectivity index is 0.731. The molecule has 4 amide bonds. The zero-order chi connectivity index (χ0) is 42.3. The van der Waals surface area contributed by atoms with Crippen LogP contribution < -0.4 is 25.0 Å². The fourth-order valence-electron chi connectivity index (χ4n) is 9.82. The fraction of sp³-hybridized carbons (Fsp3) is 0.457. The molecule has 4 heterocycles. The predicted molar refractivity (Wildman–Crippen MR) is 226 cm³/mol. The number of nitriles is 1. The average molecular weight is 835 g/mol. The molecule has 13 nitrogen and oxygen atoms in total. The molecule has 4 aliphatic rings. The van der Waals surface area contributed by atoms with Gasteiger partial charge in [0.15, 0.2) is 5.76 Å².